The van der Waals surface area contributed by atoms with Crippen molar-refractivity contribution >= 4 is 17.3 Å². The molecule has 0 saturated carbocycles. The fourth-order valence-electron chi connectivity index (χ4n) is 1.45. The zero-order chi connectivity index (χ0) is 13.3. The minimum Gasteiger partial charge on any atom is -0.478 e. The summed E-state index contributed by atoms with van der Waals surface area (Å²) in [5, 5.41) is 15.0. The lowest BCUT2D eigenvalue weighted by Gasteiger charge is -2.07. The van der Waals surface area contributed by atoms with Gasteiger partial charge in [-0.15, -0.1) is 0 Å². The monoisotopic (exact) mass is 253 g/mol. The summed E-state index contributed by atoms with van der Waals surface area (Å²) in [6.45, 7) is 0. The van der Waals surface area contributed by atoms with E-state index in [1.54, 1.807) is 7.05 Å². The Kier molecular flexibility index (Phi) is 2.97. The Hall–Kier alpha value is -2.44. The normalized spacial score (nSPS) is 10.4. The van der Waals surface area contributed by atoms with Crippen molar-refractivity contribution in [2.75, 3.05) is 5.32 Å². The van der Waals surface area contributed by atoms with E-state index in [2.05, 4.69) is 10.4 Å². The second-order valence-corrected chi connectivity index (χ2v) is 3.65. The molecule has 0 radical (unpaired) electrons. The number of carboxylic acid groups (broad SMARTS) is 1. The molecule has 0 unspecified atom stereocenters. The van der Waals surface area contributed by atoms with Crippen LogP contribution in [0.3, 0.4) is 0 Å². The molecule has 2 rings (SSSR count). The molecular formula is C11H9F2N3O2. The van der Waals surface area contributed by atoms with E-state index in [0.29, 0.717) is 5.69 Å². The van der Waals surface area contributed by atoms with Crippen LogP contribution in [0.4, 0.5) is 20.2 Å². The Morgan fingerprint density at radius 3 is 2.44 bits per heavy atom. The molecule has 18 heavy (non-hydrogen) atoms. The summed E-state index contributed by atoms with van der Waals surface area (Å²) in [4.78, 5) is 10.6. The lowest BCUT2D eigenvalue weighted by atomic mass is 10.2. The van der Waals surface area contributed by atoms with Crippen LogP contribution in [0.5, 0.6) is 0 Å². The SMILES string of the molecule is Cn1cc(Nc2c(F)cc(C(=O)O)cc2F)cn1. The third-order valence-electron chi connectivity index (χ3n) is 2.26. The van der Waals surface area contributed by atoms with Gasteiger partial charge in [-0.3, -0.25) is 4.68 Å². The van der Waals surface area contributed by atoms with Gasteiger partial charge in [0.15, 0.2) is 11.6 Å². The molecule has 0 spiro atoms. The zero-order valence-electron chi connectivity index (χ0n) is 9.32. The number of nitrogens with zero attached hydrogens (tertiary/aromatic N) is 2. The molecule has 1 heterocycles. The maximum absolute atomic E-state index is 13.6. The van der Waals surface area contributed by atoms with E-state index in [0.717, 1.165) is 12.1 Å². The Balaban J connectivity index is 2.37. The third kappa shape index (κ3) is 2.29. The predicted octanol–water partition coefficient (Wildman–Crippen LogP) is 2.14. The summed E-state index contributed by atoms with van der Waals surface area (Å²) in [6.07, 6.45) is 2.92. The molecule has 94 valence electrons. The van der Waals surface area contributed by atoms with Gasteiger partial charge in [0, 0.05) is 13.2 Å². The number of carbonyl (C=O) groups is 1. The number of hydrogen-bond donors (Lipinski definition) is 2. The van der Waals surface area contributed by atoms with Crippen molar-refractivity contribution in [3.63, 3.8) is 0 Å². The highest BCUT2D eigenvalue weighted by Gasteiger charge is 2.15. The van der Waals surface area contributed by atoms with E-state index >= 15 is 0 Å². The lowest BCUT2D eigenvalue weighted by molar-refractivity contribution is 0.0696. The van der Waals surface area contributed by atoms with E-state index in [-0.39, 0.29) is 0 Å². The fourth-order valence-corrected chi connectivity index (χ4v) is 1.45. The molecule has 2 aromatic rings. The van der Waals surface area contributed by atoms with Gasteiger partial charge >= 0.3 is 5.97 Å². The van der Waals surface area contributed by atoms with Gasteiger partial charge in [0.2, 0.25) is 0 Å². The number of nitrogens with one attached hydrogen (secondary N) is 1. The number of hydrogen-bond acceptors (Lipinski definition) is 3. The van der Waals surface area contributed by atoms with Gasteiger partial charge < -0.3 is 10.4 Å². The van der Waals surface area contributed by atoms with E-state index in [4.69, 9.17) is 5.11 Å². The number of aryl methyl sites for hydroxylation is 1. The molecule has 2 N–H and O–H groups in total. The average molecular weight is 253 g/mol. The second-order valence-electron chi connectivity index (χ2n) is 3.65. The molecule has 5 nitrogen and oxygen atoms in total. The molecule has 1 aromatic carbocycles. The summed E-state index contributed by atoms with van der Waals surface area (Å²) in [5.41, 5.74) is -0.451. The highest BCUT2D eigenvalue weighted by Crippen LogP contribution is 2.24. The van der Waals surface area contributed by atoms with Crippen LogP contribution < -0.4 is 5.32 Å². The van der Waals surface area contributed by atoms with Crippen LogP contribution in [0.2, 0.25) is 0 Å². The topological polar surface area (TPSA) is 67.2 Å². The van der Waals surface area contributed by atoms with Crippen LogP contribution in [0.15, 0.2) is 24.5 Å². The van der Waals surface area contributed by atoms with E-state index in [9.17, 15) is 13.6 Å². The predicted molar refractivity (Wildman–Crippen MR) is 59.8 cm³/mol. The molecule has 0 saturated heterocycles. The smallest absolute Gasteiger partial charge is 0.335 e. The quantitative estimate of drug-likeness (QED) is 0.879. The van der Waals surface area contributed by atoms with E-state index in [1.807, 2.05) is 0 Å². The van der Waals surface area contributed by atoms with Crippen LogP contribution in [0, 0.1) is 11.6 Å². The van der Waals surface area contributed by atoms with Crippen molar-refractivity contribution in [2.24, 2.45) is 7.05 Å². The van der Waals surface area contributed by atoms with E-state index < -0.39 is 28.9 Å². The van der Waals surface area contributed by atoms with Crippen LogP contribution in [0.1, 0.15) is 10.4 Å². The van der Waals surface area contributed by atoms with Crippen molar-refractivity contribution in [3.05, 3.63) is 41.7 Å². The first-order valence-electron chi connectivity index (χ1n) is 4.95. The maximum atomic E-state index is 13.6. The Morgan fingerprint density at radius 2 is 2.00 bits per heavy atom. The Morgan fingerprint density at radius 1 is 1.39 bits per heavy atom. The first-order chi connectivity index (χ1) is 8.47. The van der Waals surface area contributed by atoms with Crippen LogP contribution in [0.25, 0.3) is 0 Å². The average Bonchev–Trinajstić information content (AvgIpc) is 2.69. The van der Waals surface area contributed by atoms with Crippen molar-refractivity contribution in [3.8, 4) is 0 Å². The van der Waals surface area contributed by atoms with Gasteiger partial charge in [-0.2, -0.15) is 5.10 Å². The Bertz CT molecular complexity index is 587. The van der Waals surface area contributed by atoms with Crippen molar-refractivity contribution in [1.82, 2.24) is 9.78 Å². The maximum Gasteiger partial charge on any atom is 0.335 e. The molecule has 7 heteroatoms. The largest absolute Gasteiger partial charge is 0.478 e. The number of aromatic carboxylic acids is 1. The lowest BCUT2D eigenvalue weighted by Crippen LogP contribution is -2.03. The standard InChI is InChI=1S/C11H9F2N3O2/c1-16-5-7(4-14-16)15-10-8(12)2-6(11(17)18)3-9(10)13/h2-5,15H,1H3,(H,17,18). The minimum absolute atomic E-state index is 0.401. The highest BCUT2D eigenvalue weighted by atomic mass is 19.1. The number of halogens is 2. The van der Waals surface area contributed by atoms with Crippen molar-refractivity contribution in [2.45, 2.75) is 0 Å². The molecule has 0 aliphatic heterocycles. The Labute approximate surface area is 101 Å². The first-order valence-corrected chi connectivity index (χ1v) is 4.95. The van der Waals surface area contributed by atoms with Gasteiger partial charge in [-0.25, -0.2) is 13.6 Å². The molecule has 1 aromatic heterocycles. The number of benzene rings is 1. The van der Waals surface area contributed by atoms with Gasteiger partial charge in [-0.05, 0) is 12.1 Å². The van der Waals surface area contributed by atoms with Crippen LogP contribution >= 0.6 is 0 Å². The molecule has 0 atom stereocenters. The minimum atomic E-state index is -1.39. The van der Waals surface area contributed by atoms with Crippen LogP contribution in [-0.4, -0.2) is 20.9 Å². The summed E-state index contributed by atoms with van der Waals surface area (Å²) >= 11 is 0. The van der Waals surface area contributed by atoms with Crippen LogP contribution in [-0.2, 0) is 7.05 Å². The fraction of sp³-hybridized carbons (Fsp3) is 0.0909. The molecular weight excluding hydrogens is 244 g/mol. The third-order valence-corrected chi connectivity index (χ3v) is 2.26. The highest BCUT2D eigenvalue weighted by molar-refractivity contribution is 5.88. The zero-order valence-corrected chi connectivity index (χ0v) is 9.32. The van der Waals surface area contributed by atoms with Gasteiger partial charge in [0.1, 0.15) is 5.69 Å². The van der Waals surface area contributed by atoms with Gasteiger partial charge in [0.05, 0.1) is 17.4 Å². The summed E-state index contributed by atoms with van der Waals surface area (Å²) < 4.78 is 28.6. The molecule has 0 fully saturated rings. The number of carboxylic acids is 1. The molecule has 0 aliphatic rings. The molecule has 0 amide bonds. The number of anilines is 2. The van der Waals surface area contributed by atoms with Gasteiger partial charge in [-0.1, -0.05) is 0 Å². The van der Waals surface area contributed by atoms with Crippen molar-refractivity contribution in [1.29, 1.82) is 0 Å². The summed E-state index contributed by atoms with van der Waals surface area (Å²) in [5.74, 6) is -3.34. The molecule has 0 aliphatic carbocycles. The number of aromatic nitrogens is 2. The second kappa shape index (κ2) is 4.44. The summed E-state index contributed by atoms with van der Waals surface area (Å²) in [6, 6.07) is 1.51. The summed E-state index contributed by atoms with van der Waals surface area (Å²) in [7, 11) is 1.66. The first kappa shape index (κ1) is 12.0. The number of rotatable bonds is 3. The van der Waals surface area contributed by atoms with E-state index in [1.165, 1.54) is 17.1 Å². The van der Waals surface area contributed by atoms with Gasteiger partial charge in [0.25, 0.3) is 0 Å². The van der Waals surface area contributed by atoms with Crippen molar-refractivity contribution < 1.29 is 18.7 Å². The molecule has 0 bridgehead atoms.